The summed E-state index contributed by atoms with van der Waals surface area (Å²) < 4.78 is 5.92. The number of aliphatic carboxylic acids is 1. The van der Waals surface area contributed by atoms with Crippen molar-refractivity contribution in [2.45, 2.75) is 90.3 Å². The van der Waals surface area contributed by atoms with Gasteiger partial charge in [-0.15, -0.1) is 0 Å². The van der Waals surface area contributed by atoms with Gasteiger partial charge in [-0.1, -0.05) is 38.3 Å². The molecule has 0 heterocycles. The molecule has 0 bridgehead atoms. The lowest BCUT2D eigenvalue weighted by Crippen LogP contribution is -2.37. The Morgan fingerprint density at radius 3 is 2.56 bits per heavy atom. The highest BCUT2D eigenvalue weighted by molar-refractivity contribution is 5.74. The summed E-state index contributed by atoms with van der Waals surface area (Å²) in [6.07, 6.45) is 16.9. The first kappa shape index (κ1) is 23.7. The van der Waals surface area contributed by atoms with Crippen molar-refractivity contribution in [3.8, 4) is 0 Å². The highest BCUT2D eigenvalue weighted by Gasteiger charge is 2.31. The lowest BCUT2D eigenvalue weighted by atomic mass is 9.99. The fourth-order valence-electron chi connectivity index (χ4n) is 3.67. The van der Waals surface area contributed by atoms with E-state index in [-0.39, 0.29) is 6.42 Å². The molecular formula is C22H38O5. The predicted octanol–water partition coefficient (Wildman–Crippen LogP) is 4.79. The minimum atomic E-state index is -2.63. The number of allylic oxidation sites excluding steroid dienone is 4. The van der Waals surface area contributed by atoms with Gasteiger partial charge in [-0.2, -0.15) is 0 Å². The Morgan fingerprint density at radius 2 is 1.89 bits per heavy atom. The zero-order valence-electron chi connectivity index (χ0n) is 17.0. The molecule has 0 aromatic carbocycles. The van der Waals surface area contributed by atoms with Crippen molar-refractivity contribution >= 4 is 5.97 Å². The van der Waals surface area contributed by atoms with E-state index in [4.69, 9.17) is 9.84 Å². The summed E-state index contributed by atoms with van der Waals surface area (Å²) in [6.45, 7) is 4.99. The number of ether oxygens (including phenoxy) is 1. The van der Waals surface area contributed by atoms with Crippen LogP contribution in [0.15, 0.2) is 24.0 Å². The molecule has 0 spiro atoms. The van der Waals surface area contributed by atoms with E-state index in [1.807, 2.05) is 19.1 Å². The molecule has 5 nitrogen and oxygen atoms in total. The number of unbranched alkanes of at least 4 members (excludes halogenated alkanes) is 4. The number of hydrogen-bond donors (Lipinski definition) is 3. The van der Waals surface area contributed by atoms with Gasteiger partial charge in [0.05, 0.1) is 12.4 Å². The Labute approximate surface area is 164 Å². The van der Waals surface area contributed by atoms with Gasteiger partial charge in [0.2, 0.25) is 0 Å². The van der Waals surface area contributed by atoms with E-state index in [1.54, 1.807) is 0 Å². The van der Waals surface area contributed by atoms with E-state index in [0.29, 0.717) is 18.3 Å². The number of aliphatic hydroxyl groups is 2. The first-order chi connectivity index (χ1) is 12.9. The maximum atomic E-state index is 10.6. The lowest BCUT2D eigenvalue weighted by molar-refractivity contribution is -0.205. The van der Waals surface area contributed by atoms with Crippen LogP contribution in [0.4, 0.5) is 0 Å². The van der Waals surface area contributed by atoms with Crippen LogP contribution in [0.1, 0.15) is 84.5 Å². The molecule has 1 aliphatic rings. The van der Waals surface area contributed by atoms with Gasteiger partial charge in [-0.25, -0.2) is 4.79 Å². The lowest BCUT2D eigenvalue weighted by Gasteiger charge is -2.16. The minimum absolute atomic E-state index is 0.193. The van der Waals surface area contributed by atoms with Crippen molar-refractivity contribution in [1.29, 1.82) is 0 Å². The normalized spacial score (nSPS) is 21.1. The third kappa shape index (κ3) is 9.43. The Hall–Kier alpha value is -1.33. The molecule has 0 aliphatic heterocycles. The highest BCUT2D eigenvalue weighted by Crippen LogP contribution is 2.38. The largest absolute Gasteiger partial charge is 0.498 e. The van der Waals surface area contributed by atoms with Gasteiger partial charge in [0.15, 0.2) is 0 Å². The molecule has 3 N–H and O–H groups in total. The summed E-state index contributed by atoms with van der Waals surface area (Å²) in [5, 5.41) is 27.2. The van der Waals surface area contributed by atoms with Crippen LogP contribution in [0, 0.1) is 11.8 Å². The van der Waals surface area contributed by atoms with E-state index in [2.05, 4.69) is 13.0 Å². The van der Waals surface area contributed by atoms with Gasteiger partial charge in [0, 0.05) is 12.3 Å². The molecule has 0 saturated heterocycles. The van der Waals surface area contributed by atoms with Crippen molar-refractivity contribution in [2.75, 3.05) is 6.61 Å². The topological polar surface area (TPSA) is 87.0 Å². The number of carbonyl (C=O) groups is 1. The van der Waals surface area contributed by atoms with Crippen LogP contribution in [0.2, 0.25) is 0 Å². The zero-order chi connectivity index (χ0) is 20.1. The van der Waals surface area contributed by atoms with Crippen molar-refractivity contribution in [2.24, 2.45) is 11.8 Å². The second-order valence-corrected chi connectivity index (χ2v) is 7.63. The van der Waals surface area contributed by atoms with Crippen LogP contribution in [0.25, 0.3) is 0 Å². The number of carboxylic acids is 1. The standard InChI is InChI=1S/C22H38O5/c1-3-5-6-7-10-13-20(27-4-2)19-15-14-18(17-19)12-9-8-11-16-22(25,26)21(23)24/h8-9,13,18-19,25-26H,3-7,10-12,14-17H2,1-2H3,(H,23,24)/b9-8-,20-13+/t18?,19-/m1/s1. The van der Waals surface area contributed by atoms with Crippen molar-refractivity contribution in [3.05, 3.63) is 24.0 Å². The first-order valence-electron chi connectivity index (χ1n) is 10.6. The van der Waals surface area contributed by atoms with Crippen LogP contribution >= 0.6 is 0 Å². The molecule has 2 atom stereocenters. The average Bonchev–Trinajstić information content (AvgIpc) is 3.09. The minimum Gasteiger partial charge on any atom is -0.498 e. The SMILES string of the molecule is CCCCCC/C=C(/OCC)[C@@H]1CCC(C/C=C\CCC(O)(O)C(=O)O)C1. The van der Waals surface area contributed by atoms with Gasteiger partial charge >= 0.3 is 5.97 Å². The Bertz CT molecular complexity index is 481. The Kier molecular flexibility index (Phi) is 11.4. The molecule has 0 radical (unpaired) electrons. The first-order valence-corrected chi connectivity index (χ1v) is 10.6. The summed E-state index contributed by atoms with van der Waals surface area (Å²) in [4.78, 5) is 10.6. The number of hydrogen-bond acceptors (Lipinski definition) is 4. The van der Waals surface area contributed by atoms with E-state index in [9.17, 15) is 15.0 Å². The Morgan fingerprint density at radius 1 is 1.11 bits per heavy atom. The molecule has 1 rings (SSSR count). The monoisotopic (exact) mass is 382 g/mol. The van der Waals surface area contributed by atoms with Crippen LogP contribution in [-0.4, -0.2) is 33.7 Å². The molecule has 0 aromatic rings. The summed E-state index contributed by atoms with van der Waals surface area (Å²) in [5.74, 6) is -1.92. The smallest absolute Gasteiger partial charge is 0.364 e. The van der Waals surface area contributed by atoms with E-state index >= 15 is 0 Å². The van der Waals surface area contributed by atoms with Crippen LogP contribution in [0.5, 0.6) is 0 Å². The maximum absolute atomic E-state index is 10.6. The molecular weight excluding hydrogens is 344 g/mol. The van der Waals surface area contributed by atoms with Gasteiger partial charge in [-0.3, -0.25) is 0 Å². The second kappa shape index (κ2) is 12.9. The zero-order valence-corrected chi connectivity index (χ0v) is 17.0. The van der Waals surface area contributed by atoms with E-state index in [1.165, 1.54) is 37.9 Å². The Balaban J connectivity index is 2.36. The molecule has 1 aliphatic carbocycles. The predicted molar refractivity (Wildman–Crippen MR) is 107 cm³/mol. The van der Waals surface area contributed by atoms with Crippen LogP contribution in [-0.2, 0) is 9.53 Å². The van der Waals surface area contributed by atoms with Crippen molar-refractivity contribution < 1.29 is 24.9 Å². The average molecular weight is 383 g/mol. The molecule has 1 saturated carbocycles. The number of carboxylic acid groups (broad SMARTS) is 1. The van der Waals surface area contributed by atoms with Gasteiger partial charge in [0.1, 0.15) is 0 Å². The molecule has 1 unspecified atom stereocenters. The summed E-state index contributed by atoms with van der Waals surface area (Å²) >= 11 is 0. The fourth-order valence-corrected chi connectivity index (χ4v) is 3.67. The van der Waals surface area contributed by atoms with Gasteiger partial charge < -0.3 is 20.1 Å². The molecule has 27 heavy (non-hydrogen) atoms. The van der Waals surface area contributed by atoms with E-state index < -0.39 is 11.8 Å². The van der Waals surface area contributed by atoms with Crippen LogP contribution in [0.3, 0.4) is 0 Å². The molecule has 0 amide bonds. The van der Waals surface area contributed by atoms with Gasteiger partial charge in [-0.05, 0) is 63.9 Å². The summed E-state index contributed by atoms with van der Waals surface area (Å²) in [7, 11) is 0. The van der Waals surface area contributed by atoms with Crippen LogP contribution < -0.4 is 0 Å². The third-order valence-electron chi connectivity index (χ3n) is 5.30. The second-order valence-electron chi connectivity index (χ2n) is 7.63. The van der Waals surface area contributed by atoms with E-state index in [0.717, 1.165) is 32.3 Å². The van der Waals surface area contributed by atoms with Gasteiger partial charge in [0.25, 0.3) is 5.79 Å². The number of rotatable bonds is 14. The quantitative estimate of drug-likeness (QED) is 0.174. The summed E-state index contributed by atoms with van der Waals surface area (Å²) in [6, 6.07) is 0. The highest BCUT2D eigenvalue weighted by atomic mass is 16.5. The molecule has 5 heteroatoms. The maximum Gasteiger partial charge on any atom is 0.364 e. The third-order valence-corrected chi connectivity index (χ3v) is 5.30. The fraction of sp³-hybridized carbons (Fsp3) is 0.773. The van der Waals surface area contributed by atoms with Crippen molar-refractivity contribution in [1.82, 2.24) is 0 Å². The molecule has 0 aromatic heterocycles. The van der Waals surface area contributed by atoms with Crippen molar-refractivity contribution in [3.63, 3.8) is 0 Å². The summed E-state index contributed by atoms with van der Waals surface area (Å²) in [5.41, 5.74) is 0. The molecule has 156 valence electrons. The molecule has 1 fully saturated rings.